The maximum Gasteiger partial charge on any atom is 0.418 e. The molecule has 0 amide bonds. The maximum atomic E-state index is 13.0. The summed E-state index contributed by atoms with van der Waals surface area (Å²) in [6.07, 6.45) is -0.302. The minimum atomic E-state index is -4.50. The third kappa shape index (κ3) is 1.87. The highest BCUT2D eigenvalue weighted by Gasteiger charge is 2.44. The number of carboxylic acid groups (broad SMARTS) is 1. The Morgan fingerprint density at radius 1 is 1.35 bits per heavy atom. The summed E-state index contributed by atoms with van der Waals surface area (Å²) in [5, 5.41) is 11.8. The van der Waals surface area contributed by atoms with Gasteiger partial charge in [0.05, 0.1) is 11.3 Å². The van der Waals surface area contributed by atoms with Gasteiger partial charge < -0.3 is 10.4 Å². The van der Waals surface area contributed by atoms with Gasteiger partial charge in [0, 0.05) is 11.8 Å². The van der Waals surface area contributed by atoms with Crippen LogP contribution in [-0.2, 0) is 11.0 Å². The van der Waals surface area contributed by atoms with Crippen LogP contribution in [0.4, 0.5) is 18.9 Å². The van der Waals surface area contributed by atoms with E-state index in [0.717, 1.165) is 6.07 Å². The number of hydrogen-bond acceptors (Lipinski definition) is 2. The second-order valence-corrected chi connectivity index (χ2v) is 5.08. The Bertz CT molecular complexity index is 595. The Balaban J connectivity index is 2.15. The highest BCUT2D eigenvalue weighted by Crippen LogP contribution is 2.48. The summed E-state index contributed by atoms with van der Waals surface area (Å²) < 4.78 is 39.1. The standard InChI is InChI=1S/C14H12F3NO2/c15-14(16,17)10-6-2-5-8-7-3-1-4-9(7)12(13(19)20)18-11(8)10/h1-3,5-7,9,12,18H,4H2,(H,19,20)/t7-,9+,12-/m1/s1. The number of halogens is 3. The summed E-state index contributed by atoms with van der Waals surface area (Å²) >= 11 is 0. The normalized spacial score (nSPS) is 27.6. The van der Waals surface area contributed by atoms with E-state index in [1.54, 1.807) is 12.1 Å². The lowest BCUT2D eigenvalue weighted by atomic mass is 9.78. The molecule has 0 saturated carbocycles. The molecule has 0 spiro atoms. The number of anilines is 1. The Hall–Kier alpha value is -1.98. The van der Waals surface area contributed by atoms with Crippen molar-refractivity contribution in [2.45, 2.75) is 24.6 Å². The molecule has 3 atom stereocenters. The summed E-state index contributed by atoms with van der Waals surface area (Å²) in [5.74, 6) is -1.62. The molecule has 1 heterocycles. The minimum Gasteiger partial charge on any atom is -0.480 e. The lowest BCUT2D eigenvalue weighted by Crippen LogP contribution is -2.42. The van der Waals surface area contributed by atoms with E-state index >= 15 is 0 Å². The van der Waals surface area contributed by atoms with Crippen LogP contribution in [0.5, 0.6) is 0 Å². The highest BCUT2D eigenvalue weighted by atomic mass is 19.4. The van der Waals surface area contributed by atoms with Crippen molar-refractivity contribution >= 4 is 11.7 Å². The van der Waals surface area contributed by atoms with Gasteiger partial charge in [-0.2, -0.15) is 13.2 Å². The molecule has 0 radical (unpaired) electrons. The molecule has 0 aromatic heterocycles. The number of benzene rings is 1. The van der Waals surface area contributed by atoms with Crippen LogP contribution in [-0.4, -0.2) is 17.1 Å². The fraction of sp³-hybridized carbons (Fsp3) is 0.357. The number of allylic oxidation sites excluding steroid dienone is 2. The summed E-state index contributed by atoms with van der Waals surface area (Å²) in [7, 11) is 0. The monoisotopic (exact) mass is 283 g/mol. The van der Waals surface area contributed by atoms with Gasteiger partial charge in [-0.1, -0.05) is 24.3 Å². The van der Waals surface area contributed by atoms with Crippen LogP contribution in [0, 0.1) is 5.92 Å². The van der Waals surface area contributed by atoms with Crippen molar-refractivity contribution in [2.75, 3.05) is 5.32 Å². The van der Waals surface area contributed by atoms with E-state index in [1.165, 1.54) is 6.07 Å². The second kappa shape index (κ2) is 4.26. The summed E-state index contributed by atoms with van der Waals surface area (Å²) in [4.78, 5) is 11.3. The number of carbonyl (C=O) groups is 1. The smallest absolute Gasteiger partial charge is 0.418 e. The van der Waals surface area contributed by atoms with Crippen LogP contribution < -0.4 is 5.32 Å². The van der Waals surface area contributed by atoms with Crippen LogP contribution in [0.1, 0.15) is 23.5 Å². The fourth-order valence-corrected chi connectivity index (χ4v) is 3.10. The fourth-order valence-electron chi connectivity index (χ4n) is 3.10. The van der Waals surface area contributed by atoms with Crippen LogP contribution in [0.2, 0.25) is 0 Å². The van der Waals surface area contributed by atoms with Crippen molar-refractivity contribution in [1.82, 2.24) is 0 Å². The molecule has 106 valence electrons. The Kier molecular flexibility index (Phi) is 2.77. The largest absolute Gasteiger partial charge is 0.480 e. The van der Waals surface area contributed by atoms with Gasteiger partial charge >= 0.3 is 12.1 Å². The number of fused-ring (bicyclic) bond motifs is 3. The number of alkyl halides is 3. The quantitative estimate of drug-likeness (QED) is 0.778. The molecule has 20 heavy (non-hydrogen) atoms. The number of carboxylic acids is 1. The topological polar surface area (TPSA) is 49.3 Å². The van der Waals surface area contributed by atoms with Crippen molar-refractivity contribution in [3.8, 4) is 0 Å². The minimum absolute atomic E-state index is 0.0970. The van der Waals surface area contributed by atoms with E-state index < -0.39 is 23.8 Å². The zero-order valence-electron chi connectivity index (χ0n) is 10.3. The SMILES string of the molecule is O=C(O)[C@@H]1Nc2c(cccc2C(F)(F)F)[C@H]2C=CC[C@@H]21. The van der Waals surface area contributed by atoms with E-state index in [4.69, 9.17) is 0 Å². The van der Waals surface area contributed by atoms with Crippen LogP contribution in [0.3, 0.4) is 0 Å². The molecule has 0 unspecified atom stereocenters. The van der Waals surface area contributed by atoms with Crippen LogP contribution in [0.15, 0.2) is 30.4 Å². The van der Waals surface area contributed by atoms with E-state index in [0.29, 0.717) is 12.0 Å². The highest BCUT2D eigenvalue weighted by molar-refractivity contribution is 5.81. The van der Waals surface area contributed by atoms with Gasteiger partial charge in [-0.3, -0.25) is 0 Å². The molecule has 0 fully saturated rings. The number of aliphatic carboxylic acids is 1. The molecule has 2 N–H and O–H groups in total. The molecular formula is C14H12F3NO2. The average Bonchev–Trinajstić information content (AvgIpc) is 2.84. The Morgan fingerprint density at radius 2 is 2.10 bits per heavy atom. The van der Waals surface area contributed by atoms with Gasteiger partial charge in [-0.15, -0.1) is 0 Å². The Labute approximate surface area is 113 Å². The van der Waals surface area contributed by atoms with Gasteiger partial charge in [0.2, 0.25) is 0 Å². The van der Waals surface area contributed by atoms with Crippen molar-refractivity contribution in [1.29, 1.82) is 0 Å². The average molecular weight is 283 g/mol. The van der Waals surface area contributed by atoms with Crippen LogP contribution >= 0.6 is 0 Å². The number of para-hydroxylation sites is 1. The van der Waals surface area contributed by atoms with E-state index in [1.807, 2.05) is 6.08 Å². The van der Waals surface area contributed by atoms with Gasteiger partial charge in [-0.05, 0) is 18.1 Å². The molecule has 1 aromatic carbocycles. The third-order valence-electron chi connectivity index (χ3n) is 3.97. The predicted molar refractivity (Wildman–Crippen MR) is 66.5 cm³/mol. The number of nitrogens with one attached hydrogen (secondary N) is 1. The predicted octanol–water partition coefficient (Wildman–Crippen LogP) is 3.24. The number of hydrogen-bond donors (Lipinski definition) is 2. The third-order valence-corrected chi connectivity index (χ3v) is 3.97. The van der Waals surface area contributed by atoms with E-state index in [2.05, 4.69) is 5.32 Å². The van der Waals surface area contributed by atoms with Gasteiger partial charge in [0.15, 0.2) is 0 Å². The zero-order valence-corrected chi connectivity index (χ0v) is 10.3. The number of rotatable bonds is 1. The molecule has 1 aliphatic heterocycles. The van der Waals surface area contributed by atoms with Crippen molar-refractivity contribution in [2.24, 2.45) is 5.92 Å². The summed E-state index contributed by atoms with van der Waals surface area (Å²) in [5.41, 5.74) is -0.378. The second-order valence-electron chi connectivity index (χ2n) is 5.08. The van der Waals surface area contributed by atoms with E-state index in [-0.39, 0.29) is 17.5 Å². The molecular weight excluding hydrogens is 271 g/mol. The molecule has 6 heteroatoms. The molecule has 1 aliphatic carbocycles. The molecule has 1 aromatic rings. The summed E-state index contributed by atoms with van der Waals surface area (Å²) in [6, 6.07) is 2.98. The van der Waals surface area contributed by atoms with Crippen molar-refractivity contribution in [3.05, 3.63) is 41.5 Å². The maximum absolute atomic E-state index is 13.0. The van der Waals surface area contributed by atoms with Crippen molar-refractivity contribution < 1.29 is 23.1 Å². The molecule has 3 nitrogen and oxygen atoms in total. The first-order valence-electron chi connectivity index (χ1n) is 6.25. The first-order chi connectivity index (χ1) is 9.39. The molecule has 0 saturated heterocycles. The molecule has 3 rings (SSSR count). The van der Waals surface area contributed by atoms with Crippen LogP contribution in [0.25, 0.3) is 0 Å². The van der Waals surface area contributed by atoms with Gasteiger partial charge in [0.1, 0.15) is 6.04 Å². The summed E-state index contributed by atoms with van der Waals surface area (Å²) in [6.45, 7) is 0. The first-order valence-corrected chi connectivity index (χ1v) is 6.25. The first kappa shape index (κ1) is 13.0. The zero-order chi connectivity index (χ0) is 14.5. The van der Waals surface area contributed by atoms with E-state index in [9.17, 15) is 23.1 Å². The van der Waals surface area contributed by atoms with Crippen molar-refractivity contribution in [3.63, 3.8) is 0 Å². The lowest BCUT2D eigenvalue weighted by Gasteiger charge is -2.36. The van der Waals surface area contributed by atoms with Gasteiger partial charge in [0.25, 0.3) is 0 Å². The van der Waals surface area contributed by atoms with Gasteiger partial charge in [-0.25, -0.2) is 4.79 Å². The molecule has 0 bridgehead atoms. The molecule has 2 aliphatic rings. The Morgan fingerprint density at radius 3 is 2.75 bits per heavy atom. The lowest BCUT2D eigenvalue weighted by molar-refractivity contribution is -0.140.